The van der Waals surface area contributed by atoms with Crippen LogP contribution in [0.5, 0.6) is 0 Å². The first kappa shape index (κ1) is 22.9. The zero-order valence-electron chi connectivity index (χ0n) is 18.9. The molecule has 36 heavy (non-hydrogen) atoms. The number of halogens is 3. The summed E-state index contributed by atoms with van der Waals surface area (Å²) in [6.45, 7) is 1.72. The number of nitrogens with zero attached hydrogens (tertiary/aromatic N) is 3. The SMILES string of the molecule is O=C(O)C1CN(Cc2ccc3c(c2)CCc2c-3noc2-c2nsc(-c3ccccc3)c2C(F)(F)F)C1. The topological polar surface area (TPSA) is 79.5 Å². The van der Waals surface area contributed by atoms with Crippen LogP contribution in [-0.4, -0.2) is 38.6 Å². The molecule has 1 aliphatic carbocycles. The van der Waals surface area contributed by atoms with Crippen LogP contribution in [0.15, 0.2) is 53.1 Å². The molecule has 1 fully saturated rings. The summed E-state index contributed by atoms with van der Waals surface area (Å²) in [5, 5.41) is 13.2. The smallest absolute Gasteiger partial charge is 0.420 e. The molecule has 184 valence electrons. The second-order valence-electron chi connectivity index (χ2n) is 9.16. The van der Waals surface area contributed by atoms with Crippen LogP contribution >= 0.6 is 11.5 Å². The molecule has 0 amide bonds. The summed E-state index contributed by atoms with van der Waals surface area (Å²) in [4.78, 5) is 13.2. The van der Waals surface area contributed by atoms with Crippen molar-refractivity contribution in [1.82, 2.24) is 14.4 Å². The molecule has 0 unspecified atom stereocenters. The van der Waals surface area contributed by atoms with Crippen LogP contribution in [0, 0.1) is 5.92 Å². The molecule has 1 aliphatic heterocycles. The van der Waals surface area contributed by atoms with E-state index >= 15 is 0 Å². The van der Waals surface area contributed by atoms with Gasteiger partial charge in [-0.15, -0.1) is 0 Å². The maximum atomic E-state index is 14.2. The lowest BCUT2D eigenvalue weighted by Gasteiger charge is -2.36. The van der Waals surface area contributed by atoms with Gasteiger partial charge >= 0.3 is 12.1 Å². The first-order chi connectivity index (χ1) is 17.3. The van der Waals surface area contributed by atoms with Crippen molar-refractivity contribution in [2.24, 2.45) is 5.92 Å². The van der Waals surface area contributed by atoms with E-state index in [1.54, 1.807) is 30.3 Å². The van der Waals surface area contributed by atoms with Gasteiger partial charge in [0, 0.05) is 30.8 Å². The number of aryl methyl sites for hydroxylation is 1. The van der Waals surface area contributed by atoms with Gasteiger partial charge in [0.1, 0.15) is 17.0 Å². The van der Waals surface area contributed by atoms with E-state index in [0.29, 0.717) is 49.3 Å². The minimum absolute atomic E-state index is 0.0558. The number of fused-ring (bicyclic) bond motifs is 3. The van der Waals surface area contributed by atoms with Crippen molar-refractivity contribution in [2.75, 3.05) is 13.1 Å². The summed E-state index contributed by atoms with van der Waals surface area (Å²) >= 11 is 0.809. The Bertz CT molecular complexity index is 1460. The third-order valence-corrected chi connectivity index (χ3v) is 7.69. The molecule has 1 N–H and O–H groups in total. The van der Waals surface area contributed by atoms with Crippen molar-refractivity contribution in [2.45, 2.75) is 25.6 Å². The van der Waals surface area contributed by atoms with Crippen molar-refractivity contribution in [1.29, 1.82) is 0 Å². The molecule has 3 heterocycles. The summed E-state index contributed by atoms with van der Waals surface area (Å²) in [7, 11) is 0. The van der Waals surface area contributed by atoms with Gasteiger partial charge in [-0.1, -0.05) is 53.7 Å². The number of hydrogen-bond acceptors (Lipinski definition) is 6. The van der Waals surface area contributed by atoms with Gasteiger partial charge in [0.05, 0.1) is 10.8 Å². The number of likely N-dealkylation sites (tertiary alicyclic amines) is 1. The summed E-state index contributed by atoms with van der Waals surface area (Å²) < 4.78 is 52.3. The molecule has 0 spiro atoms. The average molecular weight is 512 g/mol. The Hall–Kier alpha value is -3.50. The van der Waals surface area contributed by atoms with Gasteiger partial charge in [-0.2, -0.15) is 17.5 Å². The molecule has 2 aromatic heterocycles. The Balaban J connectivity index is 1.33. The Labute approximate surface area is 208 Å². The predicted octanol–water partition coefficient (Wildman–Crippen LogP) is 5.77. The number of carboxylic acids is 1. The normalized spacial score (nSPS) is 15.9. The van der Waals surface area contributed by atoms with Crippen molar-refractivity contribution in [3.63, 3.8) is 0 Å². The van der Waals surface area contributed by atoms with E-state index in [4.69, 9.17) is 9.63 Å². The zero-order chi connectivity index (χ0) is 25.0. The molecule has 2 aromatic carbocycles. The highest BCUT2D eigenvalue weighted by atomic mass is 32.1. The predicted molar refractivity (Wildman–Crippen MR) is 127 cm³/mol. The highest BCUT2D eigenvalue weighted by Crippen LogP contribution is 2.48. The van der Waals surface area contributed by atoms with Gasteiger partial charge < -0.3 is 9.63 Å². The fourth-order valence-electron chi connectivity index (χ4n) is 4.99. The second-order valence-corrected chi connectivity index (χ2v) is 9.93. The molecule has 6 nitrogen and oxygen atoms in total. The molecule has 1 saturated heterocycles. The molecular weight excluding hydrogens is 491 g/mol. The average Bonchev–Trinajstić information content (AvgIpc) is 3.45. The third-order valence-electron chi connectivity index (χ3n) is 6.80. The molecular formula is C26H20F3N3O3S. The number of carbonyl (C=O) groups is 1. The minimum Gasteiger partial charge on any atom is -0.481 e. The van der Waals surface area contributed by atoms with E-state index in [2.05, 4.69) is 20.5 Å². The number of aromatic nitrogens is 2. The van der Waals surface area contributed by atoms with Crippen molar-refractivity contribution in [3.05, 3.63) is 70.8 Å². The van der Waals surface area contributed by atoms with Crippen LogP contribution in [0.2, 0.25) is 0 Å². The maximum Gasteiger partial charge on any atom is 0.420 e. The van der Waals surface area contributed by atoms with Crippen molar-refractivity contribution in [3.8, 4) is 33.2 Å². The van der Waals surface area contributed by atoms with E-state index in [1.165, 1.54) is 0 Å². The lowest BCUT2D eigenvalue weighted by atomic mass is 9.87. The fourth-order valence-corrected chi connectivity index (χ4v) is 5.89. The minimum atomic E-state index is -4.61. The van der Waals surface area contributed by atoms with Gasteiger partial charge in [0.25, 0.3) is 0 Å². The molecule has 0 bridgehead atoms. The monoisotopic (exact) mass is 511 g/mol. The Morgan fingerprint density at radius 2 is 1.89 bits per heavy atom. The maximum absolute atomic E-state index is 14.2. The number of alkyl halides is 3. The lowest BCUT2D eigenvalue weighted by molar-refractivity contribution is -0.147. The van der Waals surface area contributed by atoms with Gasteiger partial charge in [0.15, 0.2) is 5.76 Å². The number of hydrogen-bond donors (Lipinski definition) is 1. The first-order valence-electron chi connectivity index (χ1n) is 11.5. The number of aliphatic carboxylic acids is 1. The van der Waals surface area contributed by atoms with Crippen molar-refractivity contribution >= 4 is 17.5 Å². The first-order valence-corrected chi connectivity index (χ1v) is 12.3. The van der Waals surface area contributed by atoms with Crippen LogP contribution in [0.3, 0.4) is 0 Å². The molecule has 0 radical (unpaired) electrons. The summed E-state index contributed by atoms with van der Waals surface area (Å²) in [5.74, 6) is -1.00. The second kappa shape index (κ2) is 8.56. The molecule has 6 rings (SSSR count). The number of rotatable bonds is 5. The van der Waals surface area contributed by atoms with E-state index in [9.17, 15) is 18.0 Å². The van der Waals surface area contributed by atoms with Gasteiger partial charge in [-0.25, -0.2) is 0 Å². The summed E-state index contributed by atoms with van der Waals surface area (Å²) in [6.07, 6.45) is -3.48. The molecule has 2 aliphatic rings. The Kier molecular flexibility index (Phi) is 5.45. The Morgan fingerprint density at radius 3 is 2.61 bits per heavy atom. The van der Waals surface area contributed by atoms with Crippen LogP contribution in [0.1, 0.15) is 22.3 Å². The highest BCUT2D eigenvalue weighted by Gasteiger charge is 2.42. The Morgan fingerprint density at radius 1 is 1.11 bits per heavy atom. The van der Waals surface area contributed by atoms with Gasteiger partial charge in [-0.05, 0) is 41.1 Å². The van der Waals surface area contributed by atoms with Gasteiger partial charge in [0.2, 0.25) is 0 Å². The van der Waals surface area contributed by atoms with Crippen LogP contribution in [0.25, 0.3) is 33.2 Å². The summed E-state index contributed by atoms with van der Waals surface area (Å²) in [6, 6.07) is 14.4. The molecule has 0 atom stereocenters. The van der Waals surface area contributed by atoms with Crippen molar-refractivity contribution < 1.29 is 27.6 Å². The molecule has 0 saturated carbocycles. The standard InChI is InChI=1S/C26H20F3N3O3S/c27-26(28,29)20-22(31-36-24(20)15-4-2-1-3-5-15)23-19-9-7-16-10-14(6-8-18(16)21(19)30-35-23)11-32-12-17(13-32)25(33)34/h1-6,8,10,17H,7,9,11-13H2,(H,33,34). The quantitative estimate of drug-likeness (QED) is 0.367. The van der Waals surface area contributed by atoms with Crippen LogP contribution in [-0.2, 0) is 30.4 Å². The number of carboxylic acid groups (broad SMARTS) is 1. The highest BCUT2D eigenvalue weighted by molar-refractivity contribution is 7.10. The third kappa shape index (κ3) is 3.90. The lowest BCUT2D eigenvalue weighted by Crippen LogP contribution is -2.49. The zero-order valence-corrected chi connectivity index (χ0v) is 19.7. The van der Waals surface area contributed by atoms with E-state index in [-0.39, 0.29) is 22.2 Å². The van der Waals surface area contributed by atoms with E-state index < -0.39 is 17.7 Å². The van der Waals surface area contributed by atoms with E-state index in [0.717, 1.165) is 28.2 Å². The fraction of sp³-hybridized carbons (Fsp3) is 0.269. The molecule has 10 heteroatoms. The van der Waals surface area contributed by atoms with Crippen LogP contribution in [0.4, 0.5) is 13.2 Å². The molecule has 4 aromatic rings. The van der Waals surface area contributed by atoms with Crippen LogP contribution < -0.4 is 0 Å². The number of benzene rings is 2. The summed E-state index contributed by atoms with van der Waals surface area (Å²) in [5.41, 5.74) is 3.59. The van der Waals surface area contributed by atoms with E-state index in [1.807, 2.05) is 12.1 Å². The largest absolute Gasteiger partial charge is 0.481 e. The van der Waals surface area contributed by atoms with Gasteiger partial charge in [-0.3, -0.25) is 9.69 Å².